The van der Waals surface area contributed by atoms with Crippen LogP contribution < -0.4 is 4.90 Å². The second-order valence-electron chi connectivity index (χ2n) is 6.94. The lowest BCUT2D eigenvalue weighted by molar-refractivity contribution is -0.139. The molecule has 1 saturated heterocycles. The van der Waals surface area contributed by atoms with Crippen molar-refractivity contribution in [3.05, 3.63) is 24.3 Å². The first-order valence-corrected chi connectivity index (χ1v) is 8.07. The SMILES string of the molecule is CC(C)(C)OC(=O)N1CCN(c2nc3ccccc3o2)[C@H](C(=O)O)C1. The lowest BCUT2D eigenvalue weighted by Crippen LogP contribution is -2.58. The fourth-order valence-electron chi connectivity index (χ4n) is 2.70. The van der Waals surface area contributed by atoms with E-state index in [4.69, 9.17) is 9.15 Å². The Bertz CT molecular complexity index is 762. The van der Waals surface area contributed by atoms with Crippen LogP contribution in [0.25, 0.3) is 11.1 Å². The molecule has 0 spiro atoms. The molecule has 8 heteroatoms. The molecule has 1 atom stereocenters. The van der Waals surface area contributed by atoms with Crippen LogP contribution in [0, 0.1) is 0 Å². The first-order valence-electron chi connectivity index (χ1n) is 8.07. The maximum absolute atomic E-state index is 12.2. The largest absolute Gasteiger partial charge is 0.480 e. The molecule has 8 nitrogen and oxygen atoms in total. The van der Waals surface area contributed by atoms with Crippen LogP contribution in [0.4, 0.5) is 10.8 Å². The van der Waals surface area contributed by atoms with Crippen LogP contribution in [0.1, 0.15) is 20.8 Å². The predicted molar refractivity (Wildman–Crippen MR) is 90.6 cm³/mol. The minimum Gasteiger partial charge on any atom is -0.480 e. The molecule has 1 amide bonds. The Labute approximate surface area is 145 Å². The van der Waals surface area contributed by atoms with Gasteiger partial charge in [0.25, 0.3) is 6.01 Å². The van der Waals surface area contributed by atoms with Crippen LogP contribution >= 0.6 is 0 Å². The van der Waals surface area contributed by atoms with Crippen molar-refractivity contribution >= 4 is 29.2 Å². The standard InChI is InChI=1S/C17H21N3O5/c1-17(2,3)25-16(23)19-8-9-20(12(10-19)14(21)22)15-18-11-6-4-5-7-13(11)24-15/h4-7,12H,8-10H2,1-3H3,(H,21,22)/t12-/m0/s1. The van der Waals surface area contributed by atoms with Gasteiger partial charge in [0.1, 0.15) is 17.2 Å². The fourth-order valence-corrected chi connectivity index (χ4v) is 2.70. The first-order chi connectivity index (χ1) is 11.7. The van der Waals surface area contributed by atoms with Crippen molar-refractivity contribution in [1.29, 1.82) is 0 Å². The molecule has 0 aliphatic carbocycles. The zero-order valence-electron chi connectivity index (χ0n) is 14.4. The summed E-state index contributed by atoms with van der Waals surface area (Å²) in [6.45, 7) is 5.94. The van der Waals surface area contributed by atoms with E-state index in [-0.39, 0.29) is 12.6 Å². The lowest BCUT2D eigenvalue weighted by Gasteiger charge is -2.38. The molecule has 2 heterocycles. The average Bonchev–Trinajstić information content (AvgIpc) is 2.96. The molecule has 1 aliphatic heterocycles. The Kier molecular flexibility index (Phi) is 4.28. The molecule has 0 radical (unpaired) electrons. The van der Waals surface area contributed by atoms with Crippen molar-refractivity contribution in [2.45, 2.75) is 32.4 Å². The number of carbonyl (C=O) groups excluding carboxylic acids is 1. The van der Waals surface area contributed by atoms with Gasteiger partial charge in [-0.25, -0.2) is 9.59 Å². The Morgan fingerprint density at radius 3 is 2.64 bits per heavy atom. The molecule has 0 unspecified atom stereocenters. The number of hydrogen-bond donors (Lipinski definition) is 1. The zero-order valence-corrected chi connectivity index (χ0v) is 14.4. The third-order valence-corrected chi connectivity index (χ3v) is 3.85. The number of fused-ring (bicyclic) bond motifs is 1. The van der Waals surface area contributed by atoms with Gasteiger partial charge in [-0.2, -0.15) is 4.98 Å². The van der Waals surface area contributed by atoms with Gasteiger partial charge in [-0.05, 0) is 32.9 Å². The normalized spacial score (nSPS) is 18.4. The van der Waals surface area contributed by atoms with Crippen molar-refractivity contribution in [2.75, 3.05) is 24.5 Å². The number of carbonyl (C=O) groups is 2. The summed E-state index contributed by atoms with van der Waals surface area (Å²) in [5, 5.41) is 9.59. The van der Waals surface area contributed by atoms with Crippen LogP contribution in [-0.2, 0) is 9.53 Å². The summed E-state index contributed by atoms with van der Waals surface area (Å²) in [6.07, 6.45) is -0.518. The first kappa shape index (κ1) is 17.1. The molecule has 0 saturated carbocycles. The Hall–Kier alpha value is -2.77. The summed E-state index contributed by atoms with van der Waals surface area (Å²) in [4.78, 5) is 31.3. The molecule has 1 fully saturated rings. The molecular formula is C17H21N3O5. The zero-order chi connectivity index (χ0) is 18.2. The molecule has 3 rings (SSSR count). The summed E-state index contributed by atoms with van der Waals surface area (Å²) in [7, 11) is 0. The number of oxazole rings is 1. The van der Waals surface area contributed by atoms with Gasteiger partial charge < -0.3 is 24.1 Å². The average molecular weight is 347 g/mol. The van der Waals surface area contributed by atoms with Gasteiger partial charge in [0.2, 0.25) is 0 Å². The monoisotopic (exact) mass is 347 g/mol. The predicted octanol–water partition coefficient (Wildman–Crippen LogP) is 2.34. The second-order valence-corrected chi connectivity index (χ2v) is 6.94. The molecule has 1 aromatic carbocycles. The van der Waals surface area contributed by atoms with Crippen molar-refractivity contribution in [3.63, 3.8) is 0 Å². The maximum Gasteiger partial charge on any atom is 0.410 e. The summed E-state index contributed by atoms with van der Waals surface area (Å²) >= 11 is 0. The molecule has 1 aromatic heterocycles. The number of piperazine rings is 1. The highest BCUT2D eigenvalue weighted by molar-refractivity contribution is 5.81. The molecule has 25 heavy (non-hydrogen) atoms. The second kappa shape index (κ2) is 6.27. The Morgan fingerprint density at radius 1 is 1.28 bits per heavy atom. The number of ether oxygens (including phenoxy) is 1. The van der Waals surface area contributed by atoms with Crippen LogP contribution in [0.2, 0.25) is 0 Å². The van der Waals surface area contributed by atoms with Crippen LogP contribution in [0.5, 0.6) is 0 Å². The molecular weight excluding hydrogens is 326 g/mol. The van der Waals surface area contributed by atoms with E-state index in [2.05, 4.69) is 4.98 Å². The van der Waals surface area contributed by atoms with Gasteiger partial charge in [-0.15, -0.1) is 0 Å². The summed E-state index contributed by atoms with van der Waals surface area (Å²) in [5.74, 6) is -1.05. The molecule has 1 aliphatic rings. The van der Waals surface area contributed by atoms with E-state index in [0.717, 1.165) is 0 Å². The summed E-state index contributed by atoms with van der Waals surface area (Å²) in [6, 6.07) is 6.54. The van der Waals surface area contributed by atoms with Crippen molar-refractivity contribution in [3.8, 4) is 0 Å². The number of rotatable bonds is 2. The molecule has 0 bridgehead atoms. The molecule has 1 N–H and O–H groups in total. The van der Waals surface area contributed by atoms with E-state index in [9.17, 15) is 14.7 Å². The van der Waals surface area contributed by atoms with Gasteiger partial charge in [0.15, 0.2) is 5.58 Å². The smallest absolute Gasteiger partial charge is 0.410 e. The number of benzene rings is 1. The van der Waals surface area contributed by atoms with Gasteiger partial charge in [0.05, 0.1) is 6.54 Å². The maximum atomic E-state index is 12.2. The van der Waals surface area contributed by atoms with Crippen molar-refractivity contribution in [2.24, 2.45) is 0 Å². The number of aliphatic carboxylic acids is 1. The fraction of sp³-hybridized carbons (Fsp3) is 0.471. The Morgan fingerprint density at radius 2 is 2.00 bits per heavy atom. The van der Waals surface area contributed by atoms with E-state index in [1.54, 1.807) is 37.8 Å². The summed E-state index contributed by atoms with van der Waals surface area (Å²) < 4.78 is 11.0. The third kappa shape index (κ3) is 3.67. The van der Waals surface area contributed by atoms with Crippen LogP contribution in [0.3, 0.4) is 0 Å². The minimum atomic E-state index is -1.05. The van der Waals surface area contributed by atoms with E-state index in [1.807, 2.05) is 12.1 Å². The highest BCUT2D eigenvalue weighted by Gasteiger charge is 2.38. The molecule has 134 valence electrons. The summed E-state index contributed by atoms with van der Waals surface area (Å²) in [5.41, 5.74) is 0.625. The highest BCUT2D eigenvalue weighted by atomic mass is 16.6. The number of carboxylic acids is 1. The number of hydrogen-bond acceptors (Lipinski definition) is 6. The third-order valence-electron chi connectivity index (χ3n) is 3.85. The number of para-hydroxylation sites is 2. The number of aromatic nitrogens is 1. The van der Waals surface area contributed by atoms with Gasteiger partial charge >= 0.3 is 12.1 Å². The number of anilines is 1. The topological polar surface area (TPSA) is 96.1 Å². The lowest BCUT2D eigenvalue weighted by atomic mass is 10.2. The van der Waals surface area contributed by atoms with Crippen molar-refractivity contribution < 1.29 is 23.8 Å². The van der Waals surface area contributed by atoms with Gasteiger partial charge in [-0.3, -0.25) is 0 Å². The van der Waals surface area contributed by atoms with Gasteiger partial charge in [-0.1, -0.05) is 12.1 Å². The van der Waals surface area contributed by atoms with Crippen LogP contribution in [-0.4, -0.2) is 58.3 Å². The molecule has 2 aromatic rings. The number of nitrogens with zero attached hydrogens (tertiary/aromatic N) is 3. The number of carboxylic acid groups (broad SMARTS) is 1. The van der Waals surface area contributed by atoms with Crippen molar-refractivity contribution in [1.82, 2.24) is 9.88 Å². The van der Waals surface area contributed by atoms with E-state index in [0.29, 0.717) is 24.2 Å². The Balaban J connectivity index is 1.80. The van der Waals surface area contributed by atoms with Gasteiger partial charge in [0, 0.05) is 13.1 Å². The van der Waals surface area contributed by atoms with E-state index in [1.165, 1.54) is 4.90 Å². The van der Waals surface area contributed by atoms with Crippen LogP contribution in [0.15, 0.2) is 28.7 Å². The van der Waals surface area contributed by atoms with E-state index >= 15 is 0 Å². The van der Waals surface area contributed by atoms with E-state index < -0.39 is 23.7 Å². The minimum absolute atomic E-state index is 0.00295. The number of amides is 1. The quantitative estimate of drug-likeness (QED) is 0.890. The highest BCUT2D eigenvalue weighted by Crippen LogP contribution is 2.25.